The van der Waals surface area contributed by atoms with Crippen LogP contribution in [0.25, 0.3) is 11.1 Å². The first-order chi connectivity index (χ1) is 22.1. The van der Waals surface area contributed by atoms with Gasteiger partial charge in [-0.1, -0.05) is 56.8 Å². The van der Waals surface area contributed by atoms with E-state index in [0.29, 0.717) is 12.6 Å². The third-order valence-corrected chi connectivity index (χ3v) is 10.1. The van der Waals surface area contributed by atoms with E-state index in [9.17, 15) is 0 Å². The maximum atomic E-state index is 6.82. The highest BCUT2D eigenvalue weighted by Gasteiger charge is 2.30. The zero-order chi connectivity index (χ0) is 32.3. The minimum atomic E-state index is -1.46. The Morgan fingerprint density at radius 3 is 2.39 bits per heavy atom. The molecule has 2 unspecified atom stereocenters. The van der Waals surface area contributed by atoms with Crippen molar-refractivity contribution < 1.29 is 18.9 Å². The Morgan fingerprint density at radius 1 is 0.957 bits per heavy atom. The van der Waals surface area contributed by atoms with Crippen LogP contribution in [0.3, 0.4) is 0 Å². The van der Waals surface area contributed by atoms with Gasteiger partial charge in [0.2, 0.25) is 0 Å². The Hall–Kier alpha value is -3.50. The third-order valence-electron chi connectivity index (χ3n) is 9.20. The molecule has 3 aromatic rings. The van der Waals surface area contributed by atoms with Gasteiger partial charge in [-0.05, 0) is 105 Å². The van der Waals surface area contributed by atoms with Crippen molar-refractivity contribution >= 4 is 19.2 Å². The minimum Gasteiger partial charge on any atom is -0.492 e. The summed E-state index contributed by atoms with van der Waals surface area (Å²) in [6, 6.07) is 23.6. The summed E-state index contributed by atoms with van der Waals surface area (Å²) < 4.78 is 25.2. The van der Waals surface area contributed by atoms with Crippen LogP contribution in [-0.2, 0) is 4.74 Å². The Morgan fingerprint density at radius 2 is 1.72 bits per heavy atom. The summed E-state index contributed by atoms with van der Waals surface area (Å²) in [6.45, 7) is 17.4. The summed E-state index contributed by atoms with van der Waals surface area (Å²) in [5.41, 5.74) is 10.1. The van der Waals surface area contributed by atoms with Gasteiger partial charge in [0.1, 0.15) is 38.0 Å². The fourth-order valence-corrected chi connectivity index (χ4v) is 7.01. The highest BCUT2D eigenvalue weighted by atomic mass is 28.3. The van der Waals surface area contributed by atoms with E-state index in [1.807, 2.05) is 12.1 Å². The van der Waals surface area contributed by atoms with Gasteiger partial charge in [0, 0.05) is 35.7 Å². The van der Waals surface area contributed by atoms with Crippen molar-refractivity contribution in [2.24, 2.45) is 5.92 Å². The smallest absolute Gasteiger partial charge is 0.199 e. The Bertz CT molecular complexity index is 1590. The topological polar surface area (TPSA) is 40.2 Å². The predicted molar refractivity (Wildman–Crippen MR) is 190 cm³/mol. The van der Waals surface area contributed by atoms with Crippen LogP contribution in [0.5, 0.6) is 17.2 Å². The molecule has 3 aliphatic heterocycles. The summed E-state index contributed by atoms with van der Waals surface area (Å²) in [7, 11) is -1.46. The van der Waals surface area contributed by atoms with Crippen molar-refractivity contribution in [1.82, 2.24) is 4.90 Å². The molecule has 0 bridgehead atoms. The van der Waals surface area contributed by atoms with E-state index in [0.717, 1.165) is 90.0 Å². The summed E-state index contributed by atoms with van der Waals surface area (Å²) in [6.07, 6.45) is 3.95. The maximum Gasteiger partial charge on any atom is 0.199 e. The summed E-state index contributed by atoms with van der Waals surface area (Å²) in [4.78, 5) is 2.53. The number of rotatable bonds is 8. The van der Waals surface area contributed by atoms with Gasteiger partial charge in [0.15, 0.2) is 6.29 Å². The molecule has 0 aromatic heterocycles. The lowest BCUT2D eigenvalue weighted by atomic mass is 9.86. The number of allylic oxidation sites excluding steroid dienone is 1. The van der Waals surface area contributed by atoms with Gasteiger partial charge < -0.3 is 18.9 Å². The van der Waals surface area contributed by atoms with Crippen LogP contribution in [0.2, 0.25) is 19.6 Å². The van der Waals surface area contributed by atoms with Crippen molar-refractivity contribution in [1.29, 1.82) is 0 Å². The molecular weight excluding hydrogens is 587 g/mol. The molecule has 2 fully saturated rings. The molecule has 0 radical (unpaired) electrons. The van der Waals surface area contributed by atoms with Gasteiger partial charge in [-0.3, -0.25) is 4.90 Å². The molecule has 6 heteroatoms. The van der Waals surface area contributed by atoms with Gasteiger partial charge in [-0.25, -0.2) is 0 Å². The molecule has 0 amide bonds. The quantitative estimate of drug-likeness (QED) is 0.183. The van der Waals surface area contributed by atoms with E-state index in [1.165, 1.54) is 12.0 Å². The number of fused-ring (bicyclic) bond motifs is 1. The van der Waals surface area contributed by atoms with Gasteiger partial charge in [-0.2, -0.15) is 0 Å². The number of benzene rings is 3. The molecule has 46 heavy (non-hydrogen) atoms. The third kappa shape index (κ3) is 7.89. The standard InChI is InChI=1S/C40H49NO4Si/c1-28-20-22-41(26-28)29(2)27-43-34-16-14-33(15-17-34)40-39(32-12-10-31(11-13-32)21-24-46(4,5)6)30(3)36-25-35(18-19-37(36)45-40)44-38-9-7-8-23-42-38/h10-19,25,28-29,38,40H,7-9,20,22-23,26-27H2,1-6H3/t28-,29+,38?,40?/m1/s1. The molecule has 2 saturated heterocycles. The first-order valence-electron chi connectivity index (χ1n) is 17.0. The van der Waals surface area contributed by atoms with Gasteiger partial charge in [0.25, 0.3) is 0 Å². The van der Waals surface area contributed by atoms with Crippen molar-refractivity contribution in [3.05, 3.63) is 89.0 Å². The number of ether oxygens (including phenoxy) is 4. The summed E-state index contributed by atoms with van der Waals surface area (Å²) in [5, 5.41) is 0. The lowest BCUT2D eigenvalue weighted by molar-refractivity contribution is -0.105. The van der Waals surface area contributed by atoms with E-state index in [2.05, 4.69) is 111 Å². The fourth-order valence-electron chi connectivity index (χ4n) is 6.49. The first kappa shape index (κ1) is 32.4. The average molecular weight is 636 g/mol. The van der Waals surface area contributed by atoms with Crippen molar-refractivity contribution in [3.63, 3.8) is 0 Å². The Kier molecular flexibility index (Phi) is 9.94. The van der Waals surface area contributed by atoms with Crippen LogP contribution in [0.4, 0.5) is 0 Å². The molecule has 6 rings (SSSR count). The molecule has 0 aliphatic carbocycles. The molecule has 242 valence electrons. The maximum absolute atomic E-state index is 6.82. The largest absolute Gasteiger partial charge is 0.492 e. The van der Waals surface area contributed by atoms with Crippen molar-refractivity contribution in [2.45, 2.75) is 84.5 Å². The van der Waals surface area contributed by atoms with Gasteiger partial charge >= 0.3 is 0 Å². The van der Waals surface area contributed by atoms with Crippen LogP contribution in [-0.4, -0.2) is 51.6 Å². The van der Waals surface area contributed by atoms with E-state index in [4.69, 9.17) is 18.9 Å². The molecule has 4 atom stereocenters. The lowest BCUT2D eigenvalue weighted by Gasteiger charge is -2.32. The Balaban J connectivity index is 1.28. The molecule has 0 spiro atoms. The number of nitrogens with zero attached hydrogens (tertiary/aromatic N) is 1. The predicted octanol–water partition coefficient (Wildman–Crippen LogP) is 8.99. The highest BCUT2D eigenvalue weighted by Crippen LogP contribution is 2.47. The number of hydrogen-bond donors (Lipinski definition) is 0. The van der Waals surface area contributed by atoms with E-state index in [-0.39, 0.29) is 12.4 Å². The molecule has 3 aliphatic rings. The number of likely N-dealkylation sites (tertiary alicyclic amines) is 1. The molecule has 3 heterocycles. The van der Waals surface area contributed by atoms with Crippen LogP contribution in [0, 0.1) is 17.4 Å². The lowest BCUT2D eigenvalue weighted by Crippen LogP contribution is -2.35. The zero-order valence-electron chi connectivity index (χ0n) is 28.4. The SMILES string of the molecule is CC1=C(c2ccc(C#C[Si](C)(C)C)cc2)C(c2ccc(OC[C@H](C)N3CC[C@@H](C)C3)cc2)Oc2ccc(OC3CCCCO3)cc21. The van der Waals surface area contributed by atoms with Crippen LogP contribution < -0.4 is 14.2 Å². The van der Waals surface area contributed by atoms with Gasteiger partial charge in [-0.15, -0.1) is 5.54 Å². The van der Waals surface area contributed by atoms with Crippen LogP contribution >= 0.6 is 0 Å². The average Bonchev–Trinajstić information content (AvgIpc) is 3.50. The molecule has 0 saturated carbocycles. The number of hydrogen-bond acceptors (Lipinski definition) is 5. The molecule has 0 N–H and O–H groups in total. The second kappa shape index (κ2) is 14.1. The van der Waals surface area contributed by atoms with Crippen LogP contribution in [0.1, 0.15) is 74.8 Å². The first-order valence-corrected chi connectivity index (χ1v) is 20.5. The van der Waals surface area contributed by atoms with E-state index < -0.39 is 8.07 Å². The molecule has 5 nitrogen and oxygen atoms in total. The zero-order valence-corrected chi connectivity index (χ0v) is 29.4. The molecular formula is C40H49NO4Si. The second-order valence-corrected chi connectivity index (χ2v) is 19.1. The van der Waals surface area contributed by atoms with E-state index >= 15 is 0 Å². The van der Waals surface area contributed by atoms with E-state index in [1.54, 1.807) is 0 Å². The second-order valence-electron chi connectivity index (χ2n) is 14.3. The van der Waals surface area contributed by atoms with Crippen molar-refractivity contribution in [3.8, 4) is 28.7 Å². The molecule has 3 aromatic carbocycles. The van der Waals surface area contributed by atoms with Gasteiger partial charge in [0.05, 0.1) is 6.61 Å². The minimum absolute atomic E-state index is 0.194. The Labute approximate surface area is 276 Å². The summed E-state index contributed by atoms with van der Waals surface area (Å²) >= 11 is 0. The van der Waals surface area contributed by atoms with Crippen molar-refractivity contribution in [2.75, 3.05) is 26.3 Å². The normalized spacial score (nSPS) is 22.3. The fraction of sp³-hybridized carbons (Fsp3) is 0.450. The monoisotopic (exact) mass is 635 g/mol. The summed E-state index contributed by atoms with van der Waals surface area (Å²) in [5.74, 6) is 6.72. The highest BCUT2D eigenvalue weighted by molar-refractivity contribution is 6.83. The van der Waals surface area contributed by atoms with Crippen LogP contribution in [0.15, 0.2) is 66.7 Å².